The summed E-state index contributed by atoms with van der Waals surface area (Å²) in [7, 11) is 0. The molecule has 1 saturated heterocycles. The molecule has 2 heterocycles. The SMILES string of the molecule is CCCNC(Cc1ccn(C(C)CC)n1)C1CSCCO1. The van der Waals surface area contributed by atoms with Gasteiger partial charge in [0.05, 0.1) is 18.4 Å². The van der Waals surface area contributed by atoms with Gasteiger partial charge in [0.1, 0.15) is 0 Å². The predicted molar refractivity (Wildman–Crippen MR) is 90.1 cm³/mol. The van der Waals surface area contributed by atoms with Crippen LogP contribution in [0.5, 0.6) is 0 Å². The zero-order valence-corrected chi connectivity index (χ0v) is 14.4. The van der Waals surface area contributed by atoms with E-state index in [4.69, 9.17) is 9.84 Å². The van der Waals surface area contributed by atoms with Gasteiger partial charge >= 0.3 is 0 Å². The van der Waals surface area contributed by atoms with E-state index >= 15 is 0 Å². The molecule has 1 fully saturated rings. The second-order valence-corrected chi connectivity index (χ2v) is 6.94. The van der Waals surface area contributed by atoms with Crippen molar-refractivity contribution in [1.82, 2.24) is 15.1 Å². The average Bonchev–Trinajstić information content (AvgIpc) is 3.00. The van der Waals surface area contributed by atoms with Crippen LogP contribution in [0.2, 0.25) is 0 Å². The fourth-order valence-corrected chi connectivity index (χ4v) is 3.49. The molecule has 2 rings (SSSR count). The zero-order chi connectivity index (χ0) is 15.1. The Morgan fingerprint density at radius 2 is 2.38 bits per heavy atom. The molecule has 120 valence electrons. The molecule has 0 aromatic carbocycles. The molecule has 1 aromatic heterocycles. The highest BCUT2D eigenvalue weighted by Crippen LogP contribution is 2.18. The van der Waals surface area contributed by atoms with Crippen molar-refractivity contribution in [1.29, 1.82) is 0 Å². The first-order valence-corrected chi connectivity index (χ1v) is 9.36. The van der Waals surface area contributed by atoms with E-state index in [2.05, 4.69) is 43.0 Å². The number of ether oxygens (including phenoxy) is 1. The lowest BCUT2D eigenvalue weighted by molar-refractivity contribution is 0.0469. The molecule has 0 radical (unpaired) electrons. The molecule has 0 bridgehead atoms. The van der Waals surface area contributed by atoms with E-state index in [9.17, 15) is 0 Å². The minimum absolute atomic E-state index is 0.309. The number of nitrogens with one attached hydrogen (secondary N) is 1. The van der Waals surface area contributed by atoms with Crippen molar-refractivity contribution in [2.45, 2.75) is 58.2 Å². The Labute approximate surface area is 133 Å². The van der Waals surface area contributed by atoms with Gasteiger partial charge in [-0.25, -0.2) is 0 Å². The van der Waals surface area contributed by atoms with E-state index in [0.717, 1.165) is 43.9 Å². The summed E-state index contributed by atoms with van der Waals surface area (Å²) < 4.78 is 8.05. The van der Waals surface area contributed by atoms with Gasteiger partial charge in [-0.2, -0.15) is 16.9 Å². The van der Waals surface area contributed by atoms with E-state index in [-0.39, 0.29) is 0 Å². The first-order valence-electron chi connectivity index (χ1n) is 8.21. The van der Waals surface area contributed by atoms with Gasteiger partial charge in [0.2, 0.25) is 0 Å². The van der Waals surface area contributed by atoms with Gasteiger partial charge in [0.15, 0.2) is 0 Å². The number of rotatable bonds is 8. The van der Waals surface area contributed by atoms with Crippen molar-refractivity contribution < 1.29 is 4.74 Å². The van der Waals surface area contributed by atoms with Crippen LogP contribution in [-0.2, 0) is 11.2 Å². The Morgan fingerprint density at radius 3 is 3.05 bits per heavy atom. The maximum absolute atomic E-state index is 5.97. The molecule has 1 aromatic rings. The Morgan fingerprint density at radius 1 is 1.52 bits per heavy atom. The average molecular weight is 311 g/mol. The van der Waals surface area contributed by atoms with E-state index in [0.29, 0.717) is 18.2 Å². The molecule has 0 saturated carbocycles. The fraction of sp³-hybridized carbons (Fsp3) is 0.812. The summed E-state index contributed by atoms with van der Waals surface area (Å²) in [5.74, 6) is 2.22. The Balaban J connectivity index is 1.98. The highest BCUT2D eigenvalue weighted by atomic mass is 32.2. The van der Waals surface area contributed by atoms with Crippen LogP contribution in [0.25, 0.3) is 0 Å². The molecule has 3 unspecified atom stereocenters. The van der Waals surface area contributed by atoms with Crippen LogP contribution in [0, 0.1) is 0 Å². The molecular weight excluding hydrogens is 282 g/mol. The molecule has 1 aliphatic heterocycles. The largest absolute Gasteiger partial charge is 0.375 e. The van der Waals surface area contributed by atoms with Crippen LogP contribution < -0.4 is 5.32 Å². The Kier molecular flexibility index (Phi) is 7.07. The second kappa shape index (κ2) is 8.81. The molecule has 21 heavy (non-hydrogen) atoms. The third-order valence-corrected chi connectivity index (χ3v) is 5.10. The number of nitrogens with zero attached hydrogens (tertiary/aromatic N) is 2. The van der Waals surface area contributed by atoms with E-state index < -0.39 is 0 Å². The van der Waals surface area contributed by atoms with Crippen molar-refractivity contribution >= 4 is 11.8 Å². The lowest BCUT2D eigenvalue weighted by Gasteiger charge is -2.30. The number of thioether (sulfide) groups is 1. The predicted octanol–water partition coefficient (Wildman–Crippen LogP) is 2.90. The van der Waals surface area contributed by atoms with Crippen molar-refractivity contribution in [2.75, 3.05) is 24.7 Å². The quantitative estimate of drug-likeness (QED) is 0.801. The lowest BCUT2D eigenvalue weighted by Crippen LogP contribution is -2.46. The van der Waals surface area contributed by atoms with Gasteiger partial charge in [-0.15, -0.1) is 0 Å². The molecule has 1 aliphatic rings. The standard InChI is InChI=1S/C16H29N3OS/c1-4-7-17-15(16-12-21-10-9-20-16)11-14-6-8-19(18-14)13(3)5-2/h6,8,13,15-17H,4-5,7,9-12H2,1-3H3. The van der Waals surface area contributed by atoms with Gasteiger partial charge in [-0.1, -0.05) is 13.8 Å². The number of aromatic nitrogens is 2. The minimum atomic E-state index is 0.309. The monoisotopic (exact) mass is 311 g/mol. The molecule has 5 heteroatoms. The fourth-order valence-electron chi connectivity index (χ4n) is 2.55. The third-order valence-electron chi connectivity index (χ3n) is 4.08. The van der Waals surface area contributed by atoms with Crippen molar-refractivity contribution in [2.24, 2.45) is 0 Å². The zero-order valence-electron chi connectivity index (χ0n) is 13.5. The van der Waals surface area contributed by atoms with Crippen LogP contribution in [0.3, 0.4) is 0 Å². The summed E-state index contributed by atoms with van der Waals surface area (Å²) >= 11 is 2.00. The Hall–Kier alpha value is -0.520. The molecule has 3 atom stereocenters. The van der Waals surface area contributed by atoms with E-state index in [1.54, 1.807) is 0 Å². The lowest BCUT2D eigenvalue weighted by atomic mass is 10.1. The molecule has 0 amide bonds. The van der Waals surface area contributed by atoms with Crippen LogP contribution in [0.15, 0.2) is 12.3 Å². The minimum Gasteiger partial charge on any atom is -0.375 e. The van der Waals surface area contributed by atoms with Gasteiger partial charge < -0.3 is 10.1 Å². The number of hydrogen-bond donors (Lipinski definition) is 1. The van der Waals surface area contributed by atoms with Crippen LogP contribution in [0.1, 0.15) is 45.3 Å². The molecule has 1 N–H and O–H groups in total. The van der Waals surface area contributed by atoms with Crippen LogP contribution in [-0.4, -0.2) is 46.6 Å². The van der Waals surface area contributed by atoms with Gasteiger partial charge in [0, 0.05) is 36.2 Å². The second-order valence-electron chi connectivity index (χ2n) is 5.79. The van der Waals surface area contributed by atoms with Crippen molar-refractivity contribution in [3.05, 3.63) is 18.0 Å². The van der Waals surface area contributed by atoms with Gasteiger partial charge in [0.25, 0.3) is 0 Å². The summed E-state index contributed by atoms with van der Waals surface area (Å²) in [6, 6.07) is 3.00. The molecule has 4 nitrogen and oxygen atoms in total. The number of hydrogen-bond acceptors (Lipinski definition) is 4. The molecular formula is C16H29N3OS. The topological polar surface area (TPSA) is 39.1 Å². The summed E-state index contributed by atoms with van der Waals surface area (Å²) in [4.78, 5) is 0. The first-order chi connectivity index (χ1) is 10.2. The van der Waals surface area contributed by atoms with Crippen molar-refractivity contribution in [3.8, 4) is 0 Å². The molecule has 0 spiro atoms. The van der Waals surface area contributed by atoms with Crippen LogP contribution in [0.4, 0.5) is 0 Å². The highest BCUT2D eigenvalue weighted by molar-refractivity contribution is 7.99. The van der Waals surface area contributed by atoms with Gasteiger partial charge in [-0.3, -0.25) is 4.68 Å². The summed E-state index contributed by atoms with van der Waals surface area (Å²) in [5, 5.41) is 8.39. The normalized spacial score (nSPS) is 22.1. The maximum atomic E-state index is 5.97. The third kappa shape index (κ3) is 5.01. The smallest absolute Gasteiger partial charge is 0.0822 e. The summed E-state index contributed by atoms with van der Waals surface area (Å²) in [6.07, 6.45) is 5.63. The summed E-state index contributed by atoms with van der Waals surface area (Å²) in [6.45, 7) is 8.54. The molecule has 0 aliphatic carbocycles. The first kappa shape index (κ1) is 16.8. The Bertz CT molecular complexity index is 404. The summed E-state index contributed by atoms with van der Waals surface area (Å²) in [5.41, 5.74) is 1.17. The van der Waals surface area contributed by atoms with Gasteiger partial charge in [-0.05, 0) is 32.4 Å². The van der Waals surface area contributed by atoms with E-state index in [1.165, 1.54) is 5.69 Å². The maximum Gasteiger partial charge on any atom is 0.0822 e. The van der Waals surface area contributed by atoms with Crippen LogP contribution >= 0.6 is 11.8 Å². The van der Waals surface area contributed by atoms with Crippen molar-refractivity contribution in [3.63, 3.8) is 0 Å². The highest BCUT2D eigenvalue weighted by Gasteiger charge is 2.25. The van der Waals surface area contributed by atoms with E-state index in [1.807, 2.05) is 11.8 Å².